The summed E-state index contributed by atoms with van der Waals surface area (Å²) in [5.74, 6) is -0.0726. The molecule has 132 valence electrons. The minimum atomic E-state index is -0.509. The Hall–Kier alpha value is -1.92. The maximum absolute atomic E-state index is 12.2. The highest BCUT2D eigenvalue weighted by molar-refractivity contribution is 5.94. The number of rotatable bonds is 7. The Morgan fingerprint density at radius 2 is 2.04 bits per heavy atom. The van der Waals surface area contributed by atoms with Gasteiger partial charge in [-0.05, 0) is 42.9 Å². The monoisotopic (exact) mass is 333 g/mol. The molecular formula is C18H27N3O3. The summed E-state index contributed by atoms with van der Waals surface area (Å²) in [7, 11) is 0. The molecule has 0 aromatic heterocycles. The lowest BCUT2D eigenvalue weighted by Gasteiger charge is -2.26. The normalized spacial score (nSPS) is 16.4. The highest BCUT2D eigenvalue weighted by Gasteiger charge is 2.26. The fourth-order valence-electron chi connectivity index (χ4n) is 2.76. The molecule has 0 radical (unpaired) electrons. The molecule has 0 spiro atoms. The smallest absolute Gasteiger partial charge is 0.251 e. The van der Waals surface area contributed by atoms with Crippen LogP contribution in [0.15, 0.2) is 24.3 Å². The summed E-state index contributed by atoms with van der Waals surface area (Å²) < 4.78 is 5.30. The Labute approximate surface area is 143 Å². The number of hydrogen-bond donors (Lipinski definition) is 3. The standard InChI is InChI=1S/C18H27N3O3/c1-2-8-20-17(22)15-5-3-4-13(11-15)12-21-18(23)16(19)14-6-9-24-10-7-14/h3-5,11,14,16H,2,6-10,12,19H2,1H3,(H,20,22)(H,21,23). The van der Waals surface area contributed by atoms with Crippen LogP contribution in [0, 0.1) is 5.92 Å². The summed E-state index contributed by atoms with van der Waals surface area (Å²) in [6.07, 6.45) is 2.54. The molecule has 0 bridgehead atoms. The summed E-state index contributed by atoms with van der Waals surface area (Å²) in [5.41, 5.74) is 7.54. The zero-order valence-corrected chi connectivity index (χ0v) is 14.2. The first kappa shape index (κ1) is 18.4. The van der Waals surface area contributed by atoms with Crippen molar-refractivity contribution in [1.82, 2.24) is 10.6 Å². The molecule has 0 aliphatic carbocycles. The molecule has 1 aliphatic rings. The molecule has 1 atom stereocenters. The first-order chi connectivity index (χ1) is 11.6. The predicted molar refractivity (Wildman–Crippen MR) is 92.4 cm³/mol. The molecule has 2 amide bonds. The van der Waals surface area contributed by atoms with E-state index in [9.17, 15) is 9.59 Å². The van der Waals surface area contributed by atoms with E-state index in [4.69, 9.17) is 10.5 Å². The Bertz CT molecular complexity index is 556. The van der Waals surface area contributed by atoms with Crippen LogP contribution in [0.25, 0.3) is 0 Å². The van der Waals surface area contributed by atoms with Gasteiger partial charge in [0.1, 0.15) is 0 Å². The highest BCUT2D eigenvalue weighted by atomic mass is 16.5. The molecule has 24 heavy (non-hydrogen) atoms. The minimum Gasteiger partial charge on any atom is -0.381 e. The van der Waals surface area contributed by atoms with Crippen molar-refractivity contribution in [2.75, 3.05) is 19.8 Å². The van der Waals surface area contributed by atoms with Gasteiger partial charge in [0.15, 0.2) is 0 Å². The van der Waals surface area contributed by atoms with E-state index >= 15 is 0 Å². The van der Waals surface area contributed by atoms with Crippen LogP contribution in [-0.2, 0) is 16.1 Å². The SMILES string of the molecule is CCCNC(=O)c1cccc(CNC(=O)C(N)C2CCOCC2)c1. The van der Waals surface area contributed by atoms with Crippen molar-refractivity contribution >= 4 is 11.8 Å². The third-order valence-electron chi connectivity index (χ3n) is 4.27. The van der Waals surface area contributed by atoms with Crippen LogP contribution in [0.3, 0.4) is 0 Å². The van der Waals surface area contributed by atoms with Gasteiger partial charge in [-0.3, -0.25) is 9.59 Å². The predicted octanol–water partition coefficient (Wildman–Crippen LogP) is 1.20. The van der Waals surface area contributed by atoms with Crippen LogP contribution in [0.4, 0.5) is 0 Å². The lowest BCUT2D eigenvalue weighted by molar-refractivity contribution is -0.124. The molecular weight excluding hydrogens is 306 g/mol. The lowest BCUT2D eigenvalue weighted by atomic mass is 9.92. The fourth-order valence-corrected chi connectivity index (χ4v) is 2.76. The first-order valence-electron chi connectivity index (χ1n) is 8.60. The molecule has 1 fully saturated rings. The second-order valence-corrected chi connectivity index (χ2v) is 6.15. The number of carbonyl (C=O) groups excluding carboxylic acids is 2. The molecule has 1 saturated heterocycles. The highest BCUT2D eigenvalue weighted by Crippen LogP contribution is 2.17. The van der Waals surface area contributed by atoms with Gasteiger partial charge < -0.3 is 21.1 Å². The molecule has 1 aromatic rings. The van der Waals surface area contributed by atoms with E-state index in [1.165, 1.54) is 0 Å². The molecule has 1 unspecified atom stereocenters. The second-order valence-electron chi connectivity index (χ2n) is 6.15. The van der Waals surface area contributed by atoms with Crippen LogP contribution in [0.1, 0.15) is 42.1 Å². The Morgan fingerprint density at radius 1 is 1.29 bits per heavy atom. The maximum Gasteiger partial charge on any atom is 0.251 e. The number of ether oxygens (including phenoxy) is 1. The van der Waals surface area contributed by atoms with Gasteiger partial charge in [-0.25, -0.2) is 0 Å². The van der Waals surface area contributed by atoms with E-state index in [1.54, 1.807) is 12.1 Å². The van der Waals surface area contributed by atoms with Gasteiger partial charge in [0, 0.05) is 31.9 Å². The van der Waals surface area contributed by atoms with E-state index in [1.807, 2.05) is 19.1 Å². The van der Waals surface area contributed by atoms with Crippen molar-refractivity contribution < 1.29 is 14.3 Å². The van der Waals surface area contributed by atoms with E-state index in [-0.39, 0.29) is 17.7 Å². The lowest BCUT2D eigenvalue weighted by Crippen LogP contribution is -2.46. The summed E-state index contributed by atoms with van der Waals surface area (Å²) in [5, 5.41) is 5.71. The summed E-state index contributed by atoms with van der Waals surface area (Å²) in [6.45, 7) is 4.36. The largest absolute Gasteiger partial charge is 0.381 e. The van der Waals surface area contributed by atoms with Crippen molar-refractivity contribution in [3.05, 3.63) is 35.4 Å². The molecule has 2 rings (SSSR count). The van der Waals surface area contributed by atoms with E-state index in [2.05, 4.69) is 10.6 Å². The number of carbonyl (C=O) groups is 2. The van der Waals surface area contributed by atoms with Crippen molar-refractivity contribution in [1.29, 1.82) is 0 Å². The Balaban J connectivity index is 1.86. The molecule has 6 nitrogen and oxygen atoms in total. The van der Waals surface area contributed by atoms with E-state index in [0.717, 1.165) is 24.8 Å². The quantitative estimate of drug-likeness (QED) is 0.699. The van der Waals surface area contributed by atoms with Crippen LogP contribution in [-0.4, -0.2) is 37.6 Å². The molecule has 4 N–H and O–H groups in total. The van der Waals surface area contributed by atoms with E-state index in [0.29, 0.717) is 31.9 Å². The number of nitrogens with two attached hydrogens (primary N) is 1. The number of hydrogen-bond acceptors (Lipinski definition) is 4. The van der Waals surface area contributed by atoms with Gasteiger partial charge in [-0.2, -0.15) is 0 Å². The molecule has 1 heterocycles. The van der Waals surface area contributed by atoms with E-state index < -0.39 is 6.04 Å². The van der Waals surface area contributed by atoms with Gasteiger partial charge in [0.25, 0.3) is 5.91 Å². The van der Waals surface area contributed by atoms with Crippen molar-refractivity contribution in [2.45, 2.75) is 38.8 Å². The van der Waals surface area contributed by atoms with Crippen molar-refractivity contribution in [2.24, 2.45) is 11.7 Å². The molecule has 0 saturated carbocycles. The fraction of sp³-hybridized carbons (Fsp3) is 0.556. The number of nitrogens with one attached hydrogen (secondary N) is 2. The van der Waals surface area contributed by atoms with Gasteiger partial charge in [-0.15, -0.1) is 0 Å². The summed E-state index contributed by atoms with van der Waals surface area (Å²) in [4.78, 5) is 24.2. The van der Waals surface area contributed by atoms with Crippen LogP contribution >= 0.6 is 0 Å². The maximum atomic E-state index is 12.2. The third kappa shape index (κ3) is 5.32. The van der Waals surface area contributed by atoms with Crippen LogP contribution < -0.4 is 16.4 Å². The van der Waals surface area contributed by atoms with Gasteiger partial charge >= 0.3 is 0 Å². The Morgan fingerprint density at radius 3 is 2.75 bits per heavy atom. The summed E-state index contributed by atoms with van der Waals surface area (Å²) in [6, 6.07) is 6.76. The molecule has 1 aromatic carbocycles. The van der Waals surface area contributed by atoms with Crippen LogP contribution in [0.2, 0.25) is 0 Å². The first-order valence-corrected chi connectivity index (χ1v) is 8.60. The Kier molecular flexibility index (Phi) is 7.21. The second kappa shape index (κ2) is 9.39. The van der Waals surface area contributed by atoms with Crippen molar-refractivity contribution in [3.8, 4) is 0 Å². The molecule has 1 aliphatic heterocycles. The number of benzene rings is 1. The average molecular weight is 333 g/mol. The molecule has 6 heteroatoms. The van der Waals surface area contributed by atoms with Crippen molar-refractivity contribution in [3.63, 3.8) is 0 Å². The van der Waals surface area contributed by atoms with Gasteiger partial charge in [-0.1, -0.05) is 19.1 Å². The van der Waals surface area contributed by atoms with Crippen LogP contribution in [0.5, 0.6) is 0 Å². The summed E-state index contributed by atoms with van der Waals surface area (Å²) >= 11 is 0. The topological polar surface area (TPSA) is 93.5 Å². The third-order valence-corrected chi connectivity index (χ3v) is 4.27. The zero-order valence-electron chi connectivity index (χ0n) is 14.2. The number of amides is 2. The van der Waals surface area contributed by atoms with Gasteiger partial charge in [0.05, 0.1) is 6.04 Å². The van der Waals surface area contributed by atoms with Gasteiger partial charge in [0.2, 0.25) is 5.91 Å². The average Bonchev–Trinajstić information content (AvgIpc) is 2.64. The minimum absolute atomic E-state index is 0.0936. The zero-order chi connectivity index (χ0) is 17.4.